The van der Waals surface area contributed by atoms with E-state index in [1.807, 2.05) is 4.98 Å². The zero-order valence-corrected chi connectivity index (χ0v) is 13.1. The topological polar surface area (TPSA) is 171 Å². The zero-order chi connectivity index (χ0) is 17.6. The minimum atomic E-state index is -4.83. The number of aliphatic hydroxyl groups is 2. The Balaban J connectivity index is 2.38. The van der Waals surface area contributed by atoms with E-state index in [4.69, 9.17) is 14.5 Å². The molecule has 4 atom stereocenters. The van der Waals surface area contributed by atoms with Crippen LogP contribution in [-0.2, 0) is 13.8 Å². The van der Waals surface area contributed by atoms with Gasteiger partial charge < -0.3 is 24.7 Å². The van der Waals surface area contributed by atoms with Crippen LogP contribution >= 0.6 is 7.82 Å². The SMILES string of the molecule is C[C@]1(O)[C@H](n2ccc(=O)[nH]c2=O)O[C@](C)(COP(=O)(O)O)[C@H]1O. The summed E-state index contributed by atoms with van der Waals surface area (Å²) in [4.78, 5) is 42.4. The van der Waals surface area contributed by atoms with Gasteiger partial charge in [0, 0.05) is 12.3 Å². The molecule has 1 aliphatic heterocycles. The maximum Gasteiger partial charge on any atom is 0.469 e. The maximum atomic E-state index is 11.8. The maximum absolute atomic E-state index is 11.8. The fourth-order valence-electron chi connectivity index (χ4n) is 2.47. The summed E-state index contributed by atoms with van der Waals surface area (Å²) < 4.78 is 21.5. The molecular formula is C11H17N2O9P. The van der Waals surface area contributed by atoms with Gasteiger partial charge in [0.1, 0.15) is 17.3 Å². The molecule has 0 bridgehead atoms. The molecule has 0 unspecified atom stereocenters. The van der Waals surface area contributed by atoms with E-state index >= 15 is 0 Å². The number of phosphoric ester groups is 1. The lowest BCUT2D eigenvalue weighted by atomic mass is 9.89. The van der Waals surface area contributed by atoms with Gasteiger partial charge in [-0.1, -0.05) is 0 Å². The van der Waals surface area contributed by atoms with E-state index in [0.717, 1.165) is 16.8 Å². The van der Waals surface area contributed by atoms with Crippen LogP contribution in [-0.4, -0.2) is 53.5 Å². The van der Waals surface area contributed by atoms with Crippen LogP contribution in [0.3, 0.4) is 0 Å². The summed E-state index contributed by atoms with van der Waals surface area (Å²) in [5.41, 5.74) is -5.23. The molecule has 130 valence electrons. The second-order valence-corrected chi connectivity index (χ2v) is 6.93. The van der Waals surface area contributed by atoms with E-state index in [-0.39, 0.29) is 0 Å². The lowest BCUT2D eigenvalue weighted by Gasteiger charge is -2.29. The van der Waals surface area contributed by atoms with Gasteiger partial charge in [-0.05, 0) is 13.8 Å². The highest BCUT2D eigenvalue weighted by Gasteiger charge is 2.60. The van der Waals surface area contributed by atoms with Crippen molar-refractivity contribution >= 4 is 7.82 Å². The molecule has 0 aromatic carbocycles. The first-order chi connectivity index (χ1) is 10.4. The molecule has 0 spiro atoms. The molecule has 1 aromatic heterocycles. The first-order valence-corrected chi connectivity index (χ1v) is 8.00. The smallest absolute Gasteiger partial charge is 0.387 e. The van der Waals surface area contributed by atoms with E-state index in [2.05, 4.69) is 4.52 Å². The van der Waals surface area contributed by atoms with E-state index in [1.54, 1.807) is 0 Å². The standard InChI is InChI=1S/C11H17N2O9P/c1-10(5-21-23(18,19)20)7(15)11(2,17)8(22-10)13-4-3-6(14)12-9(13)16/h3-4,7-8,15,17H,5H2,1-2H3,(H,12,14,16)(H2,18,19,20)/t7-,8-,10-,11-/m1/s1. The summed E-state index contributed by atoms with van der Waals surface area (Å²) >= 11 is 0. The van der Waals surface area contributed by atoms with Crippen LogP contribution in [0.5, 0.6) is 0 Å². The Morgan fingerprint density at radius 3 is 2.57 bits per heavy atom. The zero-order valence-electron chi connectivity index (χ0n) is 12.2. The number of nitrogens with one attached hydrogen (secondary N) is 1. The second kappa shape index (κ2) is 5.64. The molecule has 11 nitrogen and oxygen atoms in total. The number of aromatic amines is 1. The Bertz CT molecular complexity index is 750. The Kier molecular flexibility index (Phi) is 4.41. The Labute approximate surface area is 129 Å². The lowest BCUT2D eigenvalue weighted by Crippen LogP contribution is -2.50. The third-order valence-corrected chi connectivity index (χ3v) is 4.10. The molecule has 0 saturated carbocycles. The number of nitrogens with zero attached hydrogens (tertiary/aromatic N) is 1. The van der Waals surface area contributed by atoms with Gasteiger partial charge in [0.2, 0.25) is 0 Å². The summed E-state index contributed by atoms with van der Waals surface area (Å²) in [7, 11) is -4.83. The van der Waals surface area contributed by atoms with Gasteiger partial charge in [-0.3, -0.25) is 18.9 Å². The molecule has 1 aliphatic rings. The molecule has 1 aromatic rings. The van der Waals surface area contributed by atoms with Crippen molar-refractivity contribution in [3.05, 3.63) is 33.1 Å². The average Bonchev–Trinajstić information content (AvgIpc) is 2.58. The van der Waals surface area contributed by atoms with Gasteiger partial charge in [-0.2, -0.15) is 0 Å². The molecule has 12 heteroatoms. The molecule has 23 heavy (non-hydrogen) atoms. The lowest BCUT2D eigenvalue weighted by molar-refractivity contribution is -0.121. The van der Waals surface area contributed by atoms with Crippen molar-refractivity contribution in [1.29, 1.82) is 0 Å². The van der Waals surface area contributed by atoms with Gasteiger partial charge >= 0.3 is 13.5 Å². The molecule has 0 radical (unpaired) electrons. The number of H-pyrrole nitrogens is 1. The molecule has 1 fully saturated rings. The van der Waals surface area contributed by atoms with E-state index in [1.165, 1.54) is 13.8 Å². The van der Waals surface area contributed by atoms with Crippen LogP contribution < -0.4 is 11.2 Å². The van der Waals surface area contributed by atoms with Crippen LogP contribution in [0.2, 0.25) is 0 Å². The molecule has 1 saturated heterocycles. The van der Waals surface area contributed by atoms with Crippen LogP contribution in [0.1, 0.15) is 20.1 Å². The van der Waals surface area contributed by atoms with Gasteiger partial charge in [-0.25, -0.2) is 9.36 Å². The Morgan fingerprint density at radius 2 is 2.04 bits per heavy atom. The average molecular weight is 352 g/mol. The third-order valence-electron chi connectivity index (χ3n) is 3.64. The number of hydrogen-bond acceptors (Lipinski definition) is 7. The summed E-state index contributed by atoms with van der Waals surface area (Å²) in [6, 6.07) is 1.02. The quantitative estimate of drug-likeness (QED) is 0.386. The summed E-state index contributed by atoms with van der Waals surface area (Å²) in [5, 5.41) is 20.7. The summed E-state index contributed by atoms with van der Waals surface area (Å²) in [6.07, 6.45) is -1.97. The van der Waals surface area contributed by atoms with Crippen molar-refractivity contribution in [3.8, 4) is 0 Å². The van der Waals surface area contributed by atoms with Crippen molar-refractivity contribution in [2.75, 3.05) is 6.61 Å². The highest BCUT2D eigenvalue weighted by atomic mass is 31.2. The molecule has 0 aliphatic carbocycles. The third kappa shape index (κ3) is 3.45. The van der Waals surface area contributed by atoms with Crippen molar-refractivity contribution in [1.82, 2.24) is 9.55 Å². The van der Waals surface area contributed by atoms with Gasteiger partial charge in [-0.15, -0.1) is 0 Å². The number of phosphoric acid groups is 1. The highest BCUT2D eigenvalue weighted by molar-refractivity contribution is 7.46. The summed E-state index contributed by atoms with van der Waals surface area (Å²) in [5.74, 6) is 0. The van der Waals surface area contributed by atoms with E-state index in [9.17, 15) is 24.4 Å². The van der Waals surface area contributed by atoms with Crippen LogP contribution in [0.4, 0.5) is 0 Å². The van der Waals surface area contributed by atoms with Gasteiger partial charge in [0.15, 0.2) is 6.23 Å². The van der Waals surface area contributed by atoms with Crippen molar-refractivity contribution in [2.45, 2.75) is 37.4 Å². The first-order valence-electron chi connectivity index (χ1n) is 6.47. The number of ether oxygens (including phenoxy) is 1. The van der Waals surface area contributed by atoms with Crippen LogP contribution in [0.25, 0.3) is 0 Å². The largest absolute Gasteiger partial charge is 0.469 e. The fourth-order valence-corrected chi connectivity index (χ4v) is 2.89. The van der Waals surface area contributed by atoms with Gasteiger partial charge in [0.25, 0.3) is 5.56 Å². The van der Waals surface area contributed by atoms with Crippen molar-refractivity contribution in [2.24, 2.45) is 0 Å². The minimum Gasteiger partial charge on any atom is -0.387 e. The highest BCUT2D eigenvalue weighted by Crippen LogP contribution is 2.46. The number of hydrogen-bond donors (Lipinski definition) is 5. The Hall–Kier alpha value is -1.33. The van der Waals surface area contributed by atoms with E-state index < -0.39 is 49.2 Å². The normalized spacial score (nSPS) is 34.7. The molecule has 0 amide bonds. The van der Waals surface area contributed by atoms with Crippen molar-refractivity contribution < 1.29 is 33.8 Å². The number of aromatic nitrogens is 2. The monoisotopic (exact) mass is 352 g/mol. The molecular weight excluding hydrogens is 335 g/mol. The number of aliphatic hydroxyl groups excluding tert-OH is 1. The first kappa shape index (κ1) is 18.0. The second-order valence-electron chi connectivity index (χ2n) is 5.69. The van der Waals surface area contributed by atoms with Gasteiger partial charge in [0.05, 0.1) is 6.61 Å². The van der Waals surface area contributed by atoms with Crippen molar-refractivity contribution in [3.63, 3.8) is 0 Å². The minimum absolute atomic E-state index is 0.656. The van der Waals surface area contributed by atoms with Crippen LogP contribution in [0.15, 0.2) is 21.9 Å². The molecule has 2 heterocycles. The van der Waals surface area contributed by atoms with E-state index in [0.29, 0.717) is 0 Å². The Morgan fingerprint density at radius 1 is 1.43 bits per heavy atom. The number of rotatable bonds is 4. The van der Waals surface area contributed by atoms with Crippen LogP contribution in [0, 0.1) is 0 Å². The summed E-state index contributed by atoms with van der Waals surface area (Å²) in [6.45, 7) is 1.71. The molecule has 5 N–H and O–H groups in total. The predicted octanol–water partition coefficient (Wildman–Crippen LogP) is -1.95. The fraction of sp³-hybridized carbons (Fsp3) is 0.636. The predicted molar refractivity (Wildman–Crippen MR) is 74.5 cm³/mol. The molecule has 2 rings (SSSR count).